The number of carbonyl (C=O) groups excluding carboxylic acids is 1. The molecule has 0 unspecified atom stereocenters. The molecule has 2 aromatic carbocycles. The molecule has 6 heteroatoms. The van der Waals surface area contributed by atoms with Crippen molar-refractivity contribution < 1.29 is 14.5 Å². The third-order valence-corrected chi connectivity index (χ3v) is 4.56. The Morgan fingerprint density at radius 2 is 1.73 bits per heavy atom. The number of nitro groups is 1. The van der Waals surface area contributed by atoms with Crippen molar-refractivity contribution in [2.24, 2.45) is 0 Å². The van der Waals surface area contributed by atoms with Gasteiger partial charge in [0.2, 0.25) is 0 Å². The number of benzene rings is 2. The molecular formula is C20H22N2O4. The Hall–Kier alpha value is -2.89. The fourth-order valence-corrected chi connectivity index (χ4v) is 3.25. The van der Waals surface area contributed by atoms with Crippen molar-refractivity contribution in [1.82, 2.24) is 0 Å². The molecule has 26 heavy (non-hydrogen) atoms. The van der Waals surface area contributed by atoms with E-state index < -0.39 is 4.92 Å². The zero-order valence-corrected chi connectivity index (χ0v) is 14.8. The molecule has 0 bridgehead atoms. The first-order valence-corrected chi connectivity index (χ1v) is 8.91. The van der Waals surface area contributed by atoms with Crippen LogP contribution in [-0.4, -0.2) is 30.4 Å². The Morgan fingerprint density at radius 3 is 2.35 bits per heavy atom. The summed E-state index contributed by atoms with van der Waals surface area (Å²) >= 11 is 0. The summed E-state index contributed by atoms with van der Waals surface area (Å²) in [7, 11) is 0. The average Bonchev–Trinajstić information content (AvgIpc) is 2.68. The quantitative estimate of drug-likeness (QED) is 0.441. The van der Waals surface area contributed by atoms with Gasteiger partial charge < -0.3 is 9.64 Å². The van der Waals surface area contributed by atoms with Crippen LogP contribution < -0.4 is 9.64 Å². The van der Waals surface area contributed by atoms with Gasteiger partial charge in [-0.2, -0.15) is 0 Å². The molecule has 1 saturated heterocycles. The number of ether oxygens (including phenoxy) is 1. The van der Waals surface area contributed by atoms with Crippen molar-refractivity contribution in [3.8, 4) is 5.75 Å². The number of ketones is 1. The Kier molecular flexibility index (Phi) is 5.51. The molecule has 0 spiro atoms. The number of piperidine rings is 1. The highest BCUT2D eigenvalue weighted by molar-refractivity contribution is 6.09. The summed E-state index contributed by atoms with van der Waals surface area (Å²) in [6.45, 7) is 4.07. The van der Waals surface area contributed by atoms with E-state index in [9.17, 15) is 14.9 Å². The Balaban J connectivity index is 1.88. The van der Waals surface area contributed by atoms with E-state index in [0.717, 1.165) is 32.4 Å². The van der Waals surface area contributed by atoms with Crippen LogP contribution in [0.25, 0.3) is 0 Å². The SMILES string of the molecule is CCOc1ccc(C(=O)c2ccc(N3CCCCC3)c([N+](=O)[O-])c2)cc1. The summed E-state index contributed by atoms with van der Waals surface area (Å²) in [4.78, 5) is 25.9. The first-order chi connectivity index (χ1) is 12.6. The van der Waals surface area contributed by atoms with Crippen LogP contribution in [0.3, 0.4) is 0 Å². The van der Waals surface area contributed by atoms with Crippen LogP contribution in [0.15, 0.2) is 42.5 Å². The van der Waals surface area contributed by atoms with Crippen LogP contribution in [0, 0.1) is 10.1 Å². The minimum atomic E-state index is -0.404. The first-order valence-electron chi connectivity index (χ1n) is 8.91. The second-order valence-corrected chi connectivity index (χ2v) is 6.29. The predicted octanol–water partition coefficient (Wildman–Crippen LogP) is 4.21. The maximum atomic E-state index is 12.7. The predicted molar refractivity (Wildman–Crippen MR) is 100 cm³/mol. The number of rotatable bonds is 6. The number of nitro benzene ring substituents is 1. The summed E-state index contributed by atoms with van der Waals surface area (Å²) < 4.78 is 5.37. The fourth-order valence-electron chi connectivity index (χ4n) is 3.25. The van der Waals surface area contributed by atoms with E-state index in [1.54, 1.807) is 36.4 Å². The lowest BCUT2D eigenvalue weighted by Crippen LogP contribution is -2.30. The van der Waals surface area contributed by atoms with Gasteiger partial charge >= 0.3 is 0 Å². The van der Waals surface area contributed by atoms with Crippen molar-refractivity contribution in [2.75, 3.05) is 24.6 Å². The van der Waals surface area contributed by atoms with Crippen LogP contribution in [0.4, 0.5) is 11.4 Å². The molecular weight excluding hydrogens is 332 g/mol. The molecule has 1 heterocycles. The van der Waals surface area contributed by atoms with Gasteiger partial charge in [-0.25, -0.2) is 0 Å². The zero-order valence-electron chi connectivity index (χ0n) is 14.8. The summed E-state index contributed by atoms with van der Waals surface area (Å²) in [6, 6.07) is 11.6. The van der Waals surface area contributed by atoms with Gasteiger partial charge in [0.15, 0.2) is 5.78 Å². The van der Waals surface area contributed by atoms with Gasteiger partial charge in [-0.1, -0.05) is 0 Å². The van der Waals surface area contributed by atoms with Crippen LogP contribution in [0.1, 0.15) is 42.1 Å². The number of hydrogen-bond donors (Lipinski definition) is 0. The van der Waals surface area contributed by atoms with Gasteiger partial charge in [0.05, 0.1) is 11.5 Å². The highest BCUT2D eigenvalue weighted by Gasteiger charge is 2.23. The Bertz CT molecular complexity index is 796. The maximum absolute atomic E-state index is 12.7. The van der Waals surface area contributed by atoms with Crippen molar-refractivity contribution in [2.45, 2.75) is 26.2 Å². The van der Waals surface area contributed by atoms with Crippen molar-refractivity contribution in [3.63, 3.8) is 0 Å². The van der Waals surface area contributed by atoms with Gasteiger partial charge in [0.1, 0.15) is 11.4 Å². The smallest absolute Gasteiger partial charge is 0.293 e. The molecule has 0 aliphatic carbocycles. The number of carbonyl (C=O) groups is 1. The molecule has 1 fully saturated rings. The summed E-state index contributed by atoms with van der Waals surface area (Å²) in [5, 5.41) is 11.5. The summed E-state index contributed by atoms with van der Waals surface area (Å²) in [6.07, 6.45) is 3.21. The van der Waals surface area contributed by atoms with E-state index in [2.05, 4.69) is 0 Å². The van der Waals surface area contributed by atoms with Crippen molar-refractivity contribution >= 4 is 17.2 Å². The lowest BCUT2D eigenvalue weighted by Gasteiger charge is -2.28. The average molecular weight is 354 g/mol. The van der Waals surface area contributed by atoms with E-state index in [1.807, 2.05) is 11.8 Å². The number of nitrogens with zero attached hydrogens (tertiary/aromatic N) is 2. The summed E-state index contributed by atoms with van der Waals surface area (Å²) in [5.74, 6) is 0.455. The lowest BCUT2D eigenvalue weighted by molar-refractivity contribution is -0.384. The third kappa shape index (κ3) is 3.85. The van der Waals surface area contributed by atoms with Gasteiger partial charge in [-0.3, -0.25) is 14.9 Å². The van der Waals surface area contributed by atoms with Crippen LogP contribution >= 0.6 is 0 Å². The Morgan fingerprint density at radius 1 is 1.08 bits per heavy atom. The number of hydrogen-bond acceptors (Lipinski definition) is 5. The highest BCUT2D eigenvalue weighted by atomic mass is 16.6. The van der Waals surface area contributed by atoms with Crippen LogP contribution in [-0.2, 0) is 0 Å². The fraction of sp³-hybridized carbons (Fsp3) is 0.350. The van der Waals surface area contributed by atoms with E-state index >= 15 is 0 Å². The minimum absolute atomic E-state index is 0.0105. The molecule has 0 atom stereocenters. The molecule has 1 aliphatic heterocycles. The summed E-state index contributed by atoms with van der Waals surface area (Å²) in [5.41, 5.74) is 1.39. The van der Waals surface area contributed by atoms with E-state index in [0.29, 0.717) is 29.2 Å². The maximum Gasteiger partial charge on any atom is 0.293 e. The van der Waals surface area contributed by atoms with Crippen LogP contribution in [0.5, 0.6) is 5.75 Å². The molecule has 0 N–H and O–H groups in total. The number of anilines is 1. The highest BCUT2D eigenvalue weighted by Crippen LogP contribution is 2.32. The standard InChI is InChI=1S/C20H22N2O4/c1-2-26-17-9-6-15(7-10-17)20(23)16-8-11-18(19(14-16)22(24)25)21-12-4-3-5-13-21/h6-11,14H,2-5,12-13H2,1H3. The molecule has 1 aliphatic rings. The monoisotopic (exact) mass is 354 g/mol. The lowest BCUT2D eigenvalue weighted by atomic mass is 10.0. The third-order valence-electron chi connectivity index (χ3n) is 4.56. The van der Waals surface area contributed by atoms with Gasteiger partial charge in [-0.05, 0) is 62.6 Å². The zero-order chi connectivity index (χ0) is 18.5. The molecule has 0 amide bonds. The van der Waals surface area contributed by atoms with Gasteiger partial charge in [-0.15, -0.1) is 0 Å². The van der Waals surface area contributed by atoms with Crippen molar-refractivity contribution in [3.05, 3.63) is 63.7 Å². The molecule has 136 valence electrons. The Labute approximate surface area is 152 Å². The van der Waals surface area contributed by atoms with Crippen LogP contribution in [0.2, 0.25) is 0 Å². The van der Waals surface area contributed by atoms with Gasteiger partial charge in [0, 0.05) is 30.3 Å². The minimum Gasteiger partial charge on any atom is -0.494 e. The second-order valence-electron chi connectivity index (χ2n) is 6.29. The molecule has 0 aromatic heterocycles. The molecule has 6 nitrogen and oxygen atoms in total. The molecule has 2 aromatic rings. The topological polar surface area (TPSA) is 72.7 Å². The molecule has 0 radical (unpaired) electrons. The first kappa shape index (κ1) is 17.9. The normalized spacial score (nSPS) is 14.1. The van der Waals surface area contributed by atoms with Gasteiger partial charge in [0.25, 0.3) is 5.69 Å². The van der Waals surface area contributed by atoms with E-state index in [4.69, 9.17) is 4.74 Å². The van der Waals surface area contributed by atoms with E-state index in [-0.39, 0.29) is 11.5 Å². The van der Waals surface area contributed by atoms with E-state index in [1.165, 1.54) is 6.07 Å². The second kappa shape index (κ2) is 7.99. The largest absolute Gasteiger partial charge is 0.494 e. The van der Waals surface area contributed by atoms with Crippen molar-refractivity contribution in [1.29, 1.82) is 0 Å². The molecule has 0 saturated carbocycles. The molecule has 3 rings (SSSR count).